The third-order valence-electron chi connectivity index (χ3n) is 2.00. The number of rotatable bonds is 2. The fourth-order valence-corrected chi connectivity index (χ4v) is 1.77. The standard InChI is InChI=1S/C10H10Cl2O2/c1-2-3-7-4-5-8-9(6-7)14-10(11,12)13-8/h4-6H,2-3H2,1H3. The molecular weight excluding hydrogens is 223 g/mol. The van der Waals surface area contributed by atoms with Crippen molar-refractivity contribution in [3.8, 4) is 11.5 Å². The van der Waals surface area contributed by atoms with Crippen LogP contribution in [0.1, 0.15) is 18.9 Å². The molecule has 1 aromatic rings. The SMILES string of the molecule is CCCc1ccc2c(c1)OC(Cl)(Cl)O2. The van der Waals surface area contributed by atoms with E-state index in [1.165, 1.54) is 5.56 Å². The van der Waals surface area contributed by atoms with Gasteiger partial charge in [-0.3, -0.25) is 0 Å². The third-order valence-corrected chi connectivity index (χ3v) is 2.31. The first-order valence-corrected chi connectivity index (χ1v) is 5.25. The maximum absolute atomic E-state index is 5.68. The maximum Gasteiger partial charge on any atom is 0.419 e. The average molecular weight is 233 g/mol. The maximum atomic E-state index is 5.68. The zero-order valence-corrected chi connectivity index (χ0v) is 9.23. The lowest BCUT2D eigenvalue weighted by atomic mass is 10.1. The molecule has 1 aliphatic rings. The lowest BCUT2D eigenvalue weighted by Crippen LogP contribution is -2.22. The molecule has 0 unspecified atom stereocenters. The number of benzene rings is 1. The Bertz CT molecular complexity index is 350. The van der Waals surface area contributed by atoms with Gasteiger partial charge >= 0.3 is 4.71 Å². The van der Waals surface area contributed by atoms with E-state index in [0.717, 1.165) is 12.8 Å². The van der Waals surface area contributed by atoms with Crippen LogP contribution in [-0.2, 0) is 6.42 Å². The molecule has 0 N–H and O–H groups in total. The molecule has 76 valence electrons. The van der Waals surface area contributed by atoms with Crippen molar-refractivity contribution in [1.29, 1.82) is 0 Å². The predicted octanol–water partition coefficient (Wildman–Crippen LogP) is 3.50. The third kappa shape index (κ3) is 1.91. The molecule has 0 atom stereocenters. The van der Waals surface area contributed by atoms with Crippen molar-refractivity contribution >= 4 is 23.2 Å². The predicted molar refractivity (Wildman–Crippen MR) is 56.1 cm³/mol. The summed E-state index contributed by atoms with van der Waals surface area (Å²) in [5.41, 5.74) is 1.20. The van der Waals surface area contributed by atoms with E-state index >= 15 is 0 Å². The Morgan fingerprint density at radius 2 is 1.93 bits per heavy atom. The minimum absolute atomic E-state index is 0.592. The summed E-state index contributed by atoms with van der Waals surface area (Å²) < 4.78 is 8.76. The average Bonchev–Trinajstić information content (AvgIpc) is 2.38. The number of alkyl halides is 2. The first kappa shape index (κ1) is 9.94. The quantitative estimate of drug-likeness (QED) is 0.728. The van der Waals surface area contributed by atoms with E-state index in [1.54, 1.807) is 0 Å². The molecule has 0 aliphatic carbocycles. The van der Waals surface area contributed by atoms with Crippen LogP contribution in [0.25, 0.3) is 0 Å². The molecule has 0 aromatic heterocycles. The summed E-state index contributed by atoms with van der Waals surface area (Å²) in [5.74, 6) is 1.20. The van der Waals surface area contributed by atoms with Crippen LogP contribution in [0.5, 0.6) is 11.5 Å². The second-order valence-corrected chi connectivity index (χ2v) is 4.39. The van der Waals surface area contributed by atoms with Gasteiger partial charge in [0.2, 0.25) is 0 Å². The largest absolute Gasteiger partial charge is 0.423 e. The fourth-order valence-electron chi connectivity index (χ4n) is 1.44. The van der Waals surface area contributed by atoms with E-state index in [9.17, 15) is 0 Å². The van der Waals surface area contributed by atoms with Gasteiger partial charge in [-0.1, -0.05) is 19.4 Å². The molecule has 4 heteroatoms. The van der Waals surface area contributed by atoms with Gasteiger partial charge in [0, 0.05) is 0 Å². The van der Waals surface area contributed by atoms with Gasteiger partial charge in [-0.15, -0.1) is 0 Å². The van der Waals surface area contributed by atoms with Gasteiger partial charge in [-0.05, 0) is 47.3 Å². The molecule has 0 saturated heterocycles. The van der Waals surface area contributed by atoms with Crippen molar-refractivity contribution in [3.63, 3.8) is 0 Å². The molecule has 2 nitrogen and oxygen atoms in total. The van der Waals surface area contributed by atoms with Crippen molar-refractivity contribution in [3.05, 3.63) is 23.8 Å². The van der Waals surface area contributed by atoms with Gasteiger partial charge in [0.1, 0.15) is 0 Å². The fraction of sp³-hybridized carbons (Fsp3) is 0.400. The summed E-state index contributed by atoms with van der Waals surface area (Å²) in [4.78, 5) is 0. The molecule has 1 heterocycles. The summed E-state index contributed by atoms with van der Waals surface area (Å²) in [6.45, 7) is 2.12. The first-order chi connectivity index (χ1) is 6.61. The van der Waals surface area contributed by atoms with E-state index < -0.39 is 4.71 Å². The molecule has 0 bridgehead atoms. The van der Waals surface area contributed by atoms with Gasteiger partial charge in [-0.2, -0.15) is 0 Å². The van der Waals surface area contributed by atoms with E-state index in [4.69, 9.17) is 32.7 Å². The number of fused-ring (bicyclic) bond motifs is 1. The molecule has 1 aliphatic heterocycles. The monoisotopic (exact) mass is 232 g/mol. The van der Waals surface area contributed by atoms with E-state index in [-0.39, 0.29) is 0 Å². The number of hydrogen-bond donors (Lipinski definition) is 0. The zero-order chi connectivity index (χ0) is 10.2. The Labute approximate surface area is 92.7 Å². The van der Waals surface area contributed by atoms with Crippen LogP contribution in [-0.4, -0.2) is 4.71 Å². The summed E-state index contributed by atoms with van der Waals surface area (Å²) in [6.07, 6.45) is 2.10. The summed E-state index contributed by atoms with van der Waals surface area (Å²) in [5, 5.41) is 0. The minimum Gasteiger partial charge on any atom is -0.423 e. The number of aryl methyl sites for hydroxylation is 1. The molecule has 14 heavy (non-hydrogen) atoms. The zero-order valence-electron chi connectivity index (χ0n) is 7.72. The van der Waals surface area contributed by atoms with Gasteiger partial charge in [0.15, 0.2) is 11.5 Å². The van der Waals surface area contributed by atoms with Gasteiger partial charge in [0.05, 0.1) is 0 Å². The molecule has 0 radical (unpaired) electrons. The summed E-state index contributed by atoms with van der Waals surface area (Å²) >= 11 is 11.4. The van der Waals surface area contributed by atoms with E-state index in [0.29, 0.717) is 11.5 Å². The highest BCUT2D eigenvalue weighted by atomic mass is 35.5. The second kappa shape index (κ2) is 3.52. The Morgan fingerprint density at radius 1 is 1.21 bits per heavy atom. The van der Waals surface area contributed by atoms with E-state index in [1.807, 2.05) is 18.2 Å². The highest BCUT2D eigenvalue weighted by molar-refractivity contribution is 6.46. The highest BCUT2D eigenvalue weighted by Gasteiger charge is 2.37. The van der Waals surface area contributed by atoms with Crippen LogP contribution in [0, 0.1) is 0 Å². The number of halogens is 2. The molecule has 0 amide bonds. The van der Waals surface area contributed by atoms with Crippen molar-refractivity contribution in [1.82, 2.24) is 0 Å². The van der Waals surface area contributed by atoms with Crippen LogP contribution in [0.4, 0.5) is 0 Å². The first-order valence-electron chi connectivity index (χ1n) is 4.49. The lowest BCUT2D eigenvalue weighted by Gasteiger charge is -2.09. The van der Waals surface area contributed by atoms with Crippen LogP contribution >= 0.6 is 23.2 Å². The summed E-state index contributed by atoms with van der Waals surface area (Å²) in [6, 6.07) is 5.72. The molecule has 2 rings (SSSR count). The second-order valence-electron chi connectivity index (χ2n) is 3.20. The Balaban J connectivity index is 2.26. The van der Waals surface area contributed by atoms with Crippen LogP contribution < -0.4 is 9.47 Å². The van der Waals surface area contributed by atoms with Crippen LogP contribution in [0.15, 0.2) is 18.2 Å². The molecule has 0 saturated carbocycles. The number of hydrogen-bond acceptors (Lipinski definition) is 2. The Kier molecular flexibility index (Phi) is 2.50. The van der Waals surface area contributed by atoms with Gasteiger partial charge in [-0.25, -0.2) is 0 Å². The summed E-state index contributed by atoms with van der Waals surface area (Å²) in [7, 11) is 0. The van der Waals surface area contributed by atoms with Crippen molar-refractivity contribution in [2.75, 3.05) is 0 Å². The highest BCUT2D eigenvalue weighted by Crippen LogP contribution is 2.43. The minimum atomic E-state index is -1.56. The van der Waals surface area contributed by atoms with Gasteiger partial charge < -0.3 is 9.47 Å². The van der Waals surface area contributed by atoms with E-state index in [2.05, 4.69) is 6.92 Å². The lowest BCUT2D eigenvalue weighted by molar-refractivity contribution is 0.0849. The van der Waals surface area contributed by atoms with Crippen LogP contribution in [0.2, 0.25) is 0 Å². The van der Waals surface area contributed by atoms with Crippen molar-refractivity contribution in [2.45, 2.75) is 24.5 Å². The smallest absolute Gasteiger partial charge is 0.419 e. The topological polar surface area (TPSA) is 18.5 Å². The number of ether oxygens (including phenoxy) is 2. The van der Waals surface area contributed by atoms with Crippen LogP contribution in [0.3, 0.4) is 0 Å². The normalized spacial score (nSPS) is 17.1. The van der Waals surface area contributed by atoms with Gasteiger partial charge in [0.25, 0.3) is 0 Å². The van der Waals surface area contributed by atoms with Crippen molar-refractivity contribution < 1.29 is 9.47 Å². The molecule has 1 aromatic carbocycles. The Hall–Kier alpha value is -0.600. The molecule has 0 spiro atoms. The molecular formula is C10H10Cl2O2. The van der Waals surface area contributed by atoms with Crippen molar-refractivity contribution in [2.24, 2.45) is 0 Å². The Morgan fingerprint density at radius 3 is 2.64 bits per heavy atom. The molecule has 0 fully saturated rings.